The number of carbonyl (C=O) groups excluding carboxylic acids is 1. The molecular weight excluding hydrogens is 156 g/mol. The number of aliphatic hydroxyl groups excluding tert-OH is 1. The molecule has 0 amide bonds. The van der Waals surface area contributed by atoms with Gasteiger partial charge in [0.15, 0.2) is 0 Å². The normalized spacial score (nSPS) is 15.8. The third-order valence-corrected chi connectivity index (χ3v) is 1.42. The molecule has 3 nitrogen and oxygen atoms in total. The predicted molar refractivity (Wildman–Crippen MR) is 46.8 cm³/mol. The quantitative estimate of drug-likeness (QED) is 0.362. The van der Waals surface area contributed by atoms with Crippen LogP contribution in [-0.4, -0.2) is 30.2 Å². The summed E-state index contributed by atoms with van der Waals surface area (Å²) in [5.41, 5.74) is -0.663. The van der Waals surface area contributed by atoms with Gasteiger partial charge < -0.3 is 9.84 Å². The van der Waals surface area contributed by atoms with Gasteiger partial charge in [0, 0.05) is 0 Å². The summed E-state index contributed by atoms with van der Waals surface area (Å²) in [5, 5.41) is 8.50. The van der Waals surface area contributed by atoms with Crippen LogP contribution in [0, 0.1) is 0 Å². The molecule has 0 rings (SSSR count). The molecule has 0 fully saturated rings. The number of aldehydes is 1. The number of rotatable bonds is 6. The van der Waals surface area contributed by atoms with Gasteiger partial charge >= 0.3 is 0 Å². The van der Waals surface area contributed by atoms with Crippen LogP contribution in [0.3, 0.4) is 0 Å². The molecule has 1 N–H and O–H groups in total. The Morgan fingerprint density at radius 3 is 2.75 bits per heavy atom. The third-order valence-electron chi connectivity index (χ3n) is 1.42. The van der Waals surface area contributed by atoms with Crippen LogP contribution in [0.25, 0.3) is 0 Å². The summed E-state index contributed by atoms with van der Waals surface area (Å²) in [6, 6.07) is 0. The summed E-state index contributed by atoms with van der Waals surface area (Å²) >= 11 is 0. The van der Waals surface area contributed by atoms with Gasteiger partial charge in [-0.05, 0) is 19.1 Å². The average Bonchev–Trinajstić information content (AvgIpc) is 2.11. The first kappa shape index (κ1) is 11.1. The van der Waals surface area contributed by atoms with E-state index in [4.69, 9.17) is 9.84 Å². The third kappa shape index (κ3) is 4.05. The Balaban J connectivity index is 4.12. The van der Waals surface area contributed by atoms with E-state index < -0.39 is 5.60 Å². The second kappa shape index (κ2) is 5.69. The number of carbonyl (C=O) groups is 1. The van der Waals surface area contributed by atoms with Crippen LogP contribution in [0.2, 0.25) is 0 Å². The Morgan fingerprint density at radius 1 is 1.67 bits per heavy atom. The minimum Gasteiger partial charge on any atom is -0.394 e. The fraction of sp³-hybridized carbons (Fsp3) is 0.444. The number of ether oxygens (including phenoxy) is 1. The van der Waals surface area contributed by atoms with E-state index in [0.29, 0.717) is 6.29 Å². The molecule has 12 heavy (non-hydrogen) atoms. The zero-order valence-electron chi connectivity index (χ0n) is 7.19. The van der Waals surface area contributed by atoms with E-state index >= 15 is 0 Å². The van der Waals surface area contributed by atoms with Crippen LogP contribution >= 0.6 is 0 Å². The maximum atomic E-state index is 10.0. The molecule has 0 aliphatic heterocycles. The van der Waals surface area contributed by atoms with E-state index in [0.717, 1.165) is 0 Å². The van der Waals surface area contributed by atoms with E-state index in [9.17, 15) is 4.79 Å². The lowest BCUT2D eigenvalue weighted by Crippen LogP contribution is -2.24. The van der Waals surface area contributed by atoms with Gasteiger partial charge in [0.1, 0.15) is 11.9 Å². The molecule has 0 radical (unpaired) electrons. The number of allylic oxidation sites excluding steroid dienone is 1. The molecule has 0 spiro atoms. The standard InChI is InChI=1S/C9H14O3/c1-3-9(2,5-4-6-10)12-8-7-11/h3-6,11H,1,7-8H2,2H3/b5-4+. The van der Waals surface area contributed by atoms with Crippen molar-refractivity contribution in [2.24, 2.45) is 0 Å². The minimum atomic E-state index is -0.663. The molecule has 1 atom stereocenters. The van der Waals surface area contributed by atoms with Crippen molar-refractivity contribution in [3.63, 3.8) is 0 Å². The highest BCUT2D eigenvalue weighted by Crippen LogP contribution is 2.12. The second-order valence-corrected chi connectivity index (χ2v) is 2.46. The summed E-state index contributed by atoms with van der Waals surface area (Å²) < 4.78 is 5.22. The van der Waals surface area contributed by atoms with Crippen molar-refractivity contribution < 1.29 is 14.6 Å². The van der Waals surface area contributed by atoms with Crippen LogP contribution < -0.4 is 0 Å². The molecule has 3 heteroatoms. The molecule has 0 aliphatic rings. The Bertz CT molecular complexity index is 175. The fourth-order valence-corrected chi connectivity index (χ4v) is 0.671. The van der Waals surface area contributed by atoms with Crippen molar-refractivity contribution in [2.45, 2.75) is 12.5 Å². The van der Waals surface area contributed by atoms with Crippen molar-refractivity contribution >= 4 is 6.29 Å². The minimum absolute atomic E-state index is 0.0433. The second-order valence-electron chi connectivity index (χ2n) is 2.46. The summed E-state index contributed by atoms with van der Waals surface area (Å²) in [5.74, 6) is 0. The Hall–Kier alpha value is -0.930. The van der Waals surface area contributed by atoms with Crippen molar-refractivity contribution in [1.29, 1.82) is 0 Å². The lowest BCUT2D eigenvalue weighted by atomic mass is 10.1. The Kier molecular flexibility index (Phi) is 5.25. The molecule has 0 saturated heterocycles. The highest BCUT2D eigenvalue weighted by Gasteiger charge is 2.15. The fourth-order valence-electron chi connectivity index (χ4n) is 0.671. The van der Waals surface area contributed by atoms with Gasteiger partial charge in [-0.3, -0.25) is 4.79 Å². The van der Waals surface area contributed by atoms with Crippen molar-refractivity contribution in [3.05, 3.63) is 24.8 Å². The summed E-state index contributed by atoms with van der Waals surface area (Å²) in [4.78, 5) is 10.0. The largest absolute Gasteiger partial charge is 0.394 e. The SMILES string of the molecule is C=CC(C)(/C=C/C=O)OCCO. The summed E-state index contributed by atoms with van der Waals surface area (Å²) in [7, 11) is 0. The maximum absolute atomic E-state index is 10.0. The lowest BCUT2D eigenvalue weighted by Gasteiger charge is -2.21. The topological polar surface area (TPSA) is 46.5 Å². The monoisotopic (exact) mass is 170 g/mol. The molecule has 0 saturated carbocycles. The molecule has 0 aliphatic carbocycles. The zero-order valence-corrected chi connectivity index (χ0v) is 7.19. The molecular formula is C9H14O3. The Morgan fingerprint density at radius 2 is 2.33 bits per heavy atom. The van der Waals surface area contributed by atoms with Gasteiger partial charge in [0.05, 0.1) is 13.2 Å². The molecule has 0 aromatic heterocycles. The molecule has 68 valence electrons. The maximum Gasteiger partial charge on any atom is 0.142 e. The van der Waals surface area contributed by atoms with Crippen LogP contribution in [0.5, 0.6) is 0 Å². The first-order valence-corrected chi connectivity index (χ1v) is 3.70. The van der Waals surface area contributed by atoms with Gasteiger partial charge in [0.25, 0.3) is 0 Å². The Labute approximate surface area is 72.3 Å². The van der Waals surface area contributed by atoms with E-state index in [1.165, 1.54) is 6.08 Å². The van der Waals surface area contributed by atoms with E-state index in [1.807, 2.05) is 0 Å². The van der Waals surface area contributed by atoms with Gasteiger partial charge in [0.2, 0.25) is 0 Å². The first-order chi connectivity index (χ1) is 5.68. The van der Waals surface area contributed by atoms with Crippen molar-refractivity contribution in [1.82, 2.24) is 0 Å². The van der Waals surface area contributed by atoms with E-state index in [2.05, 4.69) is 6.58 Å². The van der Waals surface area contributed by atoms with Crippen LogP contribution in [0.4, 0.5) is 0 Å². The zero-order chi connectivity index (χ0) is 9.45. The van der Waals surface area contributed by atoms with Crippen LogP contribution in [-0.2, 0) is 9.53 Å². The van der Waals surface area contributed by atoms with Gasteiger partial charge in [-0.2, -0.15) is 0 Å². The van der Waals surface area contributed by atoms with Crippen LogP contribution in [0.1, 0.15) is 6.92 Å². The van der Waals surface area contributed by atoms with Gasteiger partial charge in [-0.15, -0.1) is 0 Å². The van der Waals surface area contributed by atoms with Crippen LogP contribution in [0.15, 0.2) is 24.8 Å². The predicted octanol–water partition coefficient (Wildman–Crippen LogP) is 0.695. The summed E-state index contributed by atoms with van der Waals surface area (Å²) in [6.45, 7) is 5.51. The molecule has 0 bridgehead atoms. The van der Waals surface area contributed by atoms with Crippen molar-refractivity contribution in [2.75, 3.05) is 13.2 Å². The summed E-state index contributed by atoms with van der Waals surface area (Å²) in [6.07, 6.45) is 5.18. The highest BCUT2D eigenvalue weighted by molar-refractivity contribution is 5.65. The first-order valence-electron chi connectivity index (χ1n) is 3.70. The van der Waals surface area contributed by atoms with Crippen molar-refractivity contribution in [3.8, 4) is 0 Å². The molecule has 0 aromatic rings. The molecule has 0 aromatic carbocycles. The molecule has 1 unspecified atom stereocenters. The van der Waals surface area contributed by atoms with E-state index in [-0.39, 0.29) is 13.2 Å². The number of aliphatic hydroxyl groups is 1. The lowest BCUT2D eigenvalue weighted by molar-refractivity contribution is -0.104. The van der Waals surface area contributed by atoms with Gasteiger partial charge in [-0.1, -0.05) is 12.7 Å². The molecule has 0 heterocycles. The number of hydrogen-bond donors (Lipinski definition) is 1. The van der Waals surface area contributed by atoms with E-state index in [1.54, 1.807) is 19.1 Å². The highest BCUT2D eigenvalue weighted by atomic mass is 16.5. The smallest absolute Gasteiger partial charge is 0.142 e. The number of hydrogen-bond acceptors (Lipinski definition) is 3. The van der Waals surface area contributed by atoms with Gasteiger partial charge in [-0.25, -0.2) is 0 Å². The average molecular weight is 170 g/mol.